The minimum atomic E-state index is -0.244. The van der Waals surface area contributed by atoms with Crippen LogP contribution < -0.4 is 5.32 Å². The molecule has 1 N–H and O–H groups in total. The zero-order valence-corrected chi connectivity index (χ0v) is 15.2. The average Bonchev–Trinajstić information content (AvgIpc) is 2.97. The van der Waals surface area contributed by atoms with Crippen LogP contribution in [0, 0.1) is 5.92 Å². The monoisotopic (exact) mass is 349 g/mol. The minimum Gasteiger partial charge on any atom is -0.346 e. The number of aryl methyl sites for hydroxylation is 1. The number of hydrogen-bond acceptors (Lipinski definition) is 2. The number of piperidine rings is 1. The number of para-hydroxylation sites is 1. The molecule has 0 spiro atoms. The van der Waals surface area contributed by atoms with E-state index < -0.39 is 0 Å². The summed E-state index contributed by atoms with van der Waals surface area (Å²) in [6.45, 7) is 3.67. The summed E-state index contributed by atoms with van der Waals surface area (Å²) in [5.74, 6) is -0.269. The summed E-state index contributed by atoms with van der Waals surface area (Å²) in [5.41, 5.74) is 3.16. The number of nitrogens with zero attached hydrogens (tertiary/aromatic N) is 2. The lowest BCUT2D eigenvalue weighted by Crippen LogP contribution is -2.39. The van der Waals surface area contributed by atoms with Gasteiger partial charge in [-0.1, -0.05) is 18.2 Å². The van der Waals surface area contributed by atoms with Crippen molar-refractivity contribution in [3.05, 3.63) is 42.5 Å². The van der Waals surface area contributed by atoms with E-state index in [9.17, 15) is 9.59 Å². The van der Waals surface area contributed by atoms with E-state index in [1.54, 1.807) is 11.9 Å². The molecule has 2 aromatic carbocycles. The number of amides is 2. The van der Waals surface area contributed by atoms with E-state index in [1.807, 2.05) is 24.3 Å². The maximum absolute atomic E-state index is 12.6. The van der Waals surface area contributed by atoms with Crippen molar-refractivity contribution in [3.63, 3.8) is 0 Å². The van der Waals surface area contributed by atoms with Crippen LogP contribution in [0.1, 0.15) is 19.8 Å². The second kappa shape index (κ2) is 6.48. The Balaban J connectivity index is 1.65. The van der Waals surface area contributed by atoms with Gasteiger partial charge >= 0.3 is 0 Å². The molecule has 134 valence electrons. The number of aromatic nitrogens is 1. The van der Waals surface area contributed by atoms with Gasteiger partial charge in [-0.15, -0.1) is 0 Å². The second-order valence-corrected chi connectivity index (χ2v) is 6.99. The first-order valence-electron chi connectivity index (χ1n) is 9.14. The van der Waals surface area contributed by atoms with Crippen molar-refractivity contribution in [2.75, 3.05) is 18.9 Å². The van der Waals surface area contributed by atoms with E-state index in [2.05, 4.69) is 35.0 Å². The predicted molar refractivity (Wildman–Crippen MR) is 104 cm³/mol. The summed E-state index contributed by atoms with van der Waals surface area (Å²) in [5, 5.41) is 5.34. The quantitative estimate of drug-likeness (QED) is 0.785. The Morgan fingerprint density at radius 3 is 2.69 bits per heavy atom. The van der Waals surface area contributed by atoms with Gasteiger partial charge in [0.1, 0.15) is 0 Å². The number of fused-ring (bicyclic) bond motifs is 3. The predicted octanol–water partition coefficient (Wildman–Crippen LogP) is 3.62. The fraction of sp³-hybridized carbons (Fsp3) is 0.333. The summed E-state index contributed by atoms with van der Waals surface area (Å²) < 4.78 is 2.28. The molecule has 3 aromatic rings. The van der Waals surface area contributed by atoms with E-state index >= 15 is 0 Å². The van der Waals surface area contributed by atoms with Crippen molar-refractivity contribution in [2.24, 2.45) is 5.92 Å². The van der Waals surface area contributed by atoms with Gasteiger partial charge in [0.05, 0.1) is 0 Å². The zero-order valence-electron chi connectivity index (χ0n) is 15.2. The van der Waals surface area contributed by atoms with Crippen LogP contribution in [0.15, 0.2) is 42.5 Å². The lowest BCUT2D eigenvalue weighted by atomic mass is 9.95. The standard InChI is InChI=1S/C21H23N3O2/c1-3-24-18-7-5-4-6-16(18)17-13-15(8-9-19(17)24)22-21(26)14-10-11-23(2)20(25)12-14/h4-9,13-14H,3,10-12H2,1-2H3,(H,22,26)/t14-/m1/s1. The largest absolute Gasteiger partial charge is 0.346 e. The summed E-state index contributed by atoms with van der Waals surface area (Å²) in [4.78, 5) is 26.1. The van der Waals surface area contributed by atoms with Gasteiger partial charge in [-0.3, -0.25) is 9.59 Å². The van der Waals surface area contributed by atoms with Gasteiger partial charge in [-0.05, 0) is 37.6 Å². The first-order chi connectivity index (χ1) is 12.6. The molecule has 2 heterocycles. The van der Waals surface area contributed by atoms with Gasteiger partial charge < -0.3 is 14.8 Å². The smallest absolute Gasteiger partial charge is 0.228 e. The normalized spacial score (nSPS) is 17.8. The molecule has 1 aliphatic rings. The summed E-state index contributed by atoms with van der Waals surface area (Å²) in [7, 11) is 1.79. The third-order valence-corrected chi connectivity index (χ3v) is 5.39. The third kappa shape index (κ3) is 2.73. The molecule has 0 radical (unpaired) electrons. The first kappa shape index (κ1) is 16.6. The van der Waals surface area contributed by atoms with E-state index in [0.717, 1.165) is 17.6 Å². The van der Waals surface area contributed by atoms with E-state index in [4.69, 9.17) is 0 Å². The van der Waals surface area contributed by atoms with Gasteiger partial charge in [-0.25, -0.2) is 0 Å². The van der Waals surface area contributed by atoms with Crippen LogP contribution in [0.2, 0.25) is 0 Å². The molecule has 1 saturated heterocycles. The average molecular weight is 349 g/mol. The maximum Gasteiger partial charge on any atom is 0.228 e. The summed E-state index contributed by atoms with van der Waals surface area (Å²) >= 11 is 0. The van der Waals surface area contributed by atoms with Crippen LogP contribution in [0.4, 0.5) is 5.69 Å². The lowest BCUT2D eigenvalue weighted by Gasteiger charge is -2.27. The number of likely N-dealkylation sites (tertiary alicyclic amines) is 1. The molecule has 1 aliphatic heterocycles. The second-order valence-electron chi connectivity index (χ2n) is 6.99. The van der Waals surface area contributed by atoms with Gasteiger partial charge in [-0.2, -0.15) is 0 Å². The van der Waals surface area contributed by atoms with Crippen molar-refractivity contribution in [1.29, 1.82) is 0 Å². The first-order valence-corrected chi connectivity index (χ1v) is 9.14. The van der Waals surface area contributed by atoms with Crippen molar-refractivity contribution in [2.45, 2.75) is 26.3 Å². The molecule has 1 fully saturated rings. The maximum atomic E-state index is 12.6. The molecular formula is C21H23N3O2. The fourth-order valence-electron chi connectivity index (χ4n) is 3.88. The highest BCUT2D eigenvalue weighted by Gasteiger charge is 2.28. The zero-order chi connectivity index (χ0) is 18.3. The number of benzene rings is 2. The molecule has 1 aromatic heterocycles. The Morgan fingerprint density at radius 1 is 1.15 bits per heavy atom. The van der Waals surface area contributed by atoms with Gasteiger partial charge in [0, 0.05) is 60.0 Å². The van der Waals surface area contributed by atoms with E-state index in [1.165, 1.54) is 16.4 Å². The number of hydrogen-bond donors (Lipinski definition) is 1. The van der Waals surface area contributed by atoms with Crippen molar-refractivity contribution in [3.8, 4) is 0 Å². The number of anilines is 1. The molecule has 26 heavy (non-hydrogen) atoms. The van der Waals surface area contributed by atoms with Crippen LogP contribution in [0.3, 0.4) is 0 Å². The Morgan fingerprint density at radius 2 is 1.92 bits per heavy atom. The third-order valence-electron chi connectivity index (χ3n) is 5.39. The van der Waals surface area contributed by atoms with E-state index in [0.29, 0.717) is 19.4 Å². The molecule has 5 heteroatoms. The number of rotatable bonds is 3. The fourth-order valence-corrected chi connectivity index (χ4v) is 3.88. The highest BCUT2D eigenvalue weighted by Crippen LogP contribution is 2.31. The van der Waals surface area contributed by atoms with Gasteiger partial charge in [0.25, 0.3) is 0 Å². The topological polar surface area (TPSA) is 54.3 Å². The van der Waals surface area contributed by atoms with Crippen LogP contribution >= 0.6 is 0 Å². The number of carbonyl (C=O) groups is 2. The molecule has 1 atom stereocenters. The van der Waals surface area contributed by atoms with Crippen LogP contribution in [0.25, 0.3) is 21.8 Å². The molecule has 2 amide bonds. The van der Waals surface area contributed by atoms with E-state index in [-0.39, 0.29) is 17.7 Å². The summed E-state index contributed by atoms with van der Waals surface area (Å²) in [6.07, 6.45) is 1.01. The molecule has 0 unspecified atom stereocenters. The molecule has 0 aliphatic carbocycles. The molecular weight excluding hydrogens is 326 g/mol. The highest BCUT2D eigenvalue weighted by atomic mass is 16.2. The van der Waals surface area contributed by atoms with Gasteiger partial charge in [0.15, 0.2) is 0 Å². The summed E-state index contributed by atoms with van der Waals surface area (Å²) in [6, 6.07) is 14.4. The molecule has 4 rings (SSSR count). The number of carbonyl (C=O) groups excluding carboxylic acids is 2. The Hall–Kier alpha value is -2.82. The van der Waals surface area contributed by atoms with Crippen LogP contribution in [-0.4, -0.2) is 34.9 Å². The molecule has 0 bridgehead atoms. The SMILES string of the molecule is CCn1c2ccccc2c2cc(NC(=O)[C@@H]3CCN(C)C(=O)C3)ccc21. The van der Waals surface area contributed by atoms with Crippen molar-refractivity contribution < 1.29 is 9.59 Å². The van der Waals surface area contributed by atoms with Gasteiger partial charge in [0.2, 0.25) is 11.8 Å². The highest BCUT2D eigenvalue weighted by molar-refractivity contribution is 6.10. The Kier molecular flexibility index (Phi) is 4.15. The van der Waals surface area contributed by atoms with Crippen molar-refractivity contribution in [1.82, 2.24) is 9.47 Å². The molecule has 5 nitrogen and oxygen atoms in total. The molecule has 0 saturated carbocycles. The number of nitrogens with one attached hydrogen (secondary N) is 1. The van der Waals surface area contributed by atoms with Crippen LogP contribution in [0.5, 0.6) is 0 Å². The Bertz CT molecular complexity index is 1010. The lowest BCUT2D eigenvalue weighted by molar-refractivity contribution is -0.137. The van der Waals surface area contributed by atoms with Crippen LogP contribution in [-0.2, 0) is 16.1 Å². The van der Waals surface area contributed by atoms with Crippen molar-refractivity contribution >= 4 is 39.3 Å². The Labute approximate surface area is 152 Å². The minimum absolute atomic E-state index is 0.0397.